The topological polar surface area (TPSA) is 56.4 Å². The van der Waals surface area contributed by atoms with Crippen LogP contribution in [0.3, 0.4) is 0 Å². The average molecular weight is 512 g/mol. The summed E-state index contributed by atoms with van der Waals surface area (Å²) in [6.45, 7) is 7.83. The summed E-state index contributed by atoms with van der Waals surface area (Å²) in [4.78, 5) is 34.8. The van der Waals surface area contributed by atoms with Crippen LogP contribution in [0.1, 0.15) is 64.1 Å². The Labute approximate surface area is 223 Å². The van der Waals surface area contributed by atoms with Crippen molar-refractivity contribution >= 4 is 23.3 Å². The van der Waals surface area contributed by atoms with Gasteiger partial charge in [-0.15, -0.1) is 0 Å². The van der Waals surface area contributed by atoms with Gasteiger partial charge >= 0.3 is 0 Å². The normalized spacial score (nSPS) is 19.5. The minimum atomic E-state index is -0.307. The maximum Gasteiger partial charge on any atom is 0.255 e. The molecule has 1 aromatic heterocycles. The van der Waals surface area contributed by atoms with Crippen LogP contribution in [-0.2, 0) is 11.2 Å². The zero-order valence-electron chi connectivity index (χ0n) is 22.1. The maximum atomic E-state index is 14.0. The van der Waals surface area contributed by atoms with E-state index in [-0.39, 0.29) is 17.5 Å². The number of hydrogen-bond donors (Lipinski definition) is 1. The van der Waals surface area contributed by atoms with Crippen molar-refractivity contribution in [1.82, 2.24) is 14.8 Å². The average Bonchev–Trinajstić information content (AvgIpc) is 3.63. The van der Waals surface area contributed by atoms with Crippen molar-refractivity contribution in [3.63, 3.8) is 0 Å². The van der Waals surface area contributed by atoms with Gasteiger partial charge in [0.15, 0.2) is 5.78 Å². The molecule has 2 aliphatic heterocycles. The molecule has 1 N–H and O–H groups in total. The first-order valence-electron chi connectivity index (χ1n) is 13.8. The number of halogens is 1. The van der Waals surface area contributed by atoms with Crippen molar-refractivity contribution in [1.29, 1.82) is 0 Å². The Hall–Kier alpha value is -3.51. The third kappa shape index (κ3) is 4.41. The lowest BCUT2D eigenvalue weighted by Crippen LogP contribution is -2.46. The number of Topliss-reactive ketones (excluding diaryl/α,β-unsaturated/α-hetero) is 1. The Morgan fingerprint density at radius 2 is 1.76 bits per heavy atom. The first-order chi connectivity index (χ1) is 18.4. The number of aromatic amines is 1. The number of piperidine rings is 1. The Balaban J connectivity index is 1.30. The lowest BCUT2D eigenvalue weighted by molar-refractivity contribution is -0.112. The second-order valence-corrected chi connectivity index (χ2v) is 10.9. The number of ketones is 1. The first-order valence-corrected chi connectivity index (χ1v) is 13.8. The highest BCUT2D eigenvalue weighted by Crippen LogP contribution is 2.39. The summed E-state index contributed by atoms with van der Waals surface area (Å²) in [7, 11) is 0. The molecule has 6 heteroatoms. The van der Waals surface area contributed by atoms with Gasteiger partial charge in [0.05, 0.1) is 5.56 Å². The molecule has 3 aromatic rings. The predicted molar refractivity (Wildman–Crippen MR) is 148 cm³/mol. The standard InChI is InChI=1S/C32H34FN3O2/c1-20-28(34-21(2)30(20)32(38)36-15-11-25(12-16-36)35-13-3-4-14-35)19-27-29(37)18-23-8-6-10-26(31(23)27)22-7-5-9-24(33)17-22/h5-10,17,19,25,34H,3-4,11-16,18H2,1-2H3. The van der Waals surface area contributed by atoms with Crippen LogP contribution in [0, 0.1) is 19.7 Å². The number of nitrogens with one attached hydrogen (secondary N) is 1. The van der Waals surface area contributed by atoms with Crippen molar-refractivity contribution in [2.24, 2.45) is 0 Å². The van der Waals surface area contributed by atoms with Crippen LogP contribution in [0.2, 0.25) is 0 Å². The smallest absolute Gasteiger partial charge is 0.255 e. The second-order valence-electron chi connectivity index (χ2n) is 10.9. The zero-order valence-corrected chi connectivity index (χ0v) is 22.1. The molecule has 0 unspecified atom stereocenters. The van der Waals surface area contributed by atoms with E-state index in [0.29, 0.717) is 23.6 Å². The molecule has 1 aliphatic carbocycles. The Kier molecular flexibility index (Phi) is 6.52. The van der Waals surface area contributed by atoms with E-state index in [2.05, 4.69) is 9.88 Å². The van der Waals surface area contributed by atoms with E-state index in [4.69, 9.17) is 0 Å². The number of hydrogen-bond acceptors (Lipinski definition) is 3. The summed E-state index contributed by atoms with van der Waals surface area (Å²) in [6.07, 6.45) is 6.83. The van der Waals surface area contributed by atoms with E-state index >= 15 is 0 Å². The molecular formula is C32H34FN3O2. The summed E-state index contributed by atoms with van der Waals surface area (Å²) in [5.41, 5.74) is 7.18. The van der Waals surface area contributed by atoms with Crippen LogP contribution >= 0.6 is 0 Å². The van der Waals surface area contributed by atoms with Crippen LogP contribution in [0.15, 0.2) is 42.5 Å². The number of carbonyl (C=O) groups is 2. The highest BCUT2D eigenvalue weighted by Gasteiger charge is 2.32. The van der Waals surface area contributed by atoms with Crippen LogP contribution < -0.4 is 0 Å². The van der Waals surface area contributed by atoms with E-state index < -0.39 is 0 Å². The maximum absolute atomic E-state index is 14.0. The van der Waals surface area contributed by atoms with Crippen LogP contribution in [0.5, 0.6) is 0 Å². The number of allylic oxidation sites excluding steroid dienone is 1. The van der Waals surface area contributed by atoms with Gasteiger partial charge in [-0.05, 0) is 98.6 Å². The van der Waals surface area contributed by atoms with Gasteiger partial charge < -0.3 is 14.8 Å². The number of fused-ring (bicyclic) bond motifs is 1. The minimum absolute atomic E-state index is 0.0346. The van der Waals surface area contributed by atoms with Crippen molar-refractivity contribution in [3.8, 4) is 11.1 Å². The van der Waals surface area contributed by atoms with Gasteiger partial charge in [0.25, 0.3) is 5.91 Å². The number of benzene rings is 2. The summed E-state index contributed by atoms with van der Waals surface area (Å²) >= 11 is 0. The number of likely N-dealkylation sites (tertiary alicyclic amines) is 2. The Morgan fingerprint density at radius 3 is 2.50 bits per heavy atom. The lowest BCUT2D eigenvalue weighted by Gasteiger charge is -2.36. The van der Waals surface area contributed by atoms with Crippen LogP contribution in [-0.4, -0.2) is 58.7 Å². The van der Waals surface area contributed by atoms with Crippen molar-refractivity contribution < 1.29 is 14.0 Å². The van der Waals surface area contributed by atoms with E-state index in [1.807, 2.05) is 49.1 Å². The monoisotopic (exact) mass is 511 g/mol. The third-order valence-corrected chi connectivity index (χ3v) is 8.59. The largest absolute Gasteiger partial charge is 0.358 e. The fraction of sp³-hybridized carbons (Fsp3) is 0.375. The summed E-state index contributed by atoms with van der Waals surface area (Å²) in [5.74, 6) is -0.204. The number of rotatable bonds is 4. The molecule has 2 fully saturated rings. The van der Waals surface area contributed by atoms with Crippen molar-refractivity contribution in [2.75, 3.05) is 26.2 Å². The molecule has 1 amide bonds. The number of aryl methyl sites for hydroxylation is 1. The van der Waals surface area contributed by atoms with Crippen molar-refractivity contribution in [3.05, 3.63) is 81.9 Å². The molecule has 0 saturated carbocycles. The van der Waals surface area contributed by atoms with Crippen LogP contribution in [0.4, 0.5) is 4.39 Å². The first kappa shape index (κ1) is 24.8. The molecule has 0 spiro atoms. The third-order valence-electron chi connectivity index (χ3n) is 8.59. The minimum Gasteiger partial charge on any atom is -0.358 e. The van der Waals surface area contributed by atoms with Gasteiger partial charge in [-0.25, -0.2) is 4.39 Å². The summed E-state index contributed by atoms with van der Waals surface area (Å²) < 4.78 is 14.0. The lowest BCUT2D eigenvalue weighted by atomic mass is 9.93. The van der Waals surface area contributed by atoms with Gasteiger partial charge in [-0.2, -0.15) is 0 Å². The molecule has 38 heavy (non-hydrogen) atoms. The molecule has 2 aromatic carbocycles. The predicted octanol–water partition coefficient (Wildman–Crippen LogP) is 5.80. The number of nitrogens with zero attached hydrogens (tertiary/aromatic N) is 2. The molecule has 196 valence electrons. The van der Waals surface area contributed by atoms with Gasteiger partial charge in [0, 0.05) is 42.5 Å². The van der Waals surface area contributed by atoms with Gasteiger partial charge in [-0.3, -0.25) is 9.59 Å². The van der Waals surface area contributed by atoms with Crippen LogP contribution in [0.25, 0.3) is 22.8 Å². The Bertz CT molecular complexity index is 1440. The number of amides is 1. The number of aromatic nitrogens is 1. The molecule has 3 heterocycles. The van der Waals surface area contributed by atoms with Gasteiger partial charge in [0.1, 0.15) is 5.82 Å². The fourth-order valence-electron chi connectivity index (χ4n) is 6.60. The highest BCUT2D eigenvalue weighted by atomic mass is 19.1. The molecular weight excluding hydrogens is 477 g/mol. The number of H-pyrrole nitrogens is 1. The molecule has 0 atom stereocenters. The van der Waals surface area contributed by atoms with Gasteiger partial charge in [-0.1, -0.05) is 30.3 Å². The quantitative estimate of drug-likeness (QED) is 0.450. The van der Waals surface area contributed by atoms with Crippen molar-refractivity contribution in [2.45, 2.75) is 52.0 Å². The van der Waals surface area contributed by atoms with E-state index in [1.165, 1.54) is 38.1 Å². The van der Waals surface area contributed by atoms with E-state index in [0.717, 1.165) is 65.1 Å². The van der Waals surface area contributed by atoms with Gasteiger partial charge in [0.2, 0.25) is 0 Å². The molecule has 5 nitrogen and oxygen atoms in total. The SMILES string of the molecule is Cc1[nH]c(C=C2C(=O)Cc3cccc(-c4cccc(F)c4)c32)c(C)c1C(=O)N1CCC(N2CCCC2)CC1. The Morgan fingerprint density at radius 1 is 1.03 bits per heavy atom. The summed E-state index contributed by atoms with van der Waals surface area (Å²) in [6, 6.07) is 12.9. The molecule has 3 aliphatic rings. The molecule has 0 bridgehead atoms. The number of carbonyl (C=O) groups excluding carboxylic acids is 2. The molecule has 2 saturated heterocycles. The second kappa shape index (κ2) is 9.99. The van der Waals surface area contributed by atoms with E-state index in [1.54, 1.807) is 6.07 Å². The fourth-order valence-corrected chi connectivity index (χ4v) is 6.60. The highest BCUT2D eigenvalue weighted by molar-refractivity contribution is 6.31. The molecule has 6 rings (SSSR count). The molecule has 0 radical (unpaired) electrons. The summed E-state index contributed by atoms with van der Waals surface area (Å²) in [5, 5.41) is 0. The zero-order chi connectivity index (χ0) is 26.4. The van der Waals surface area contributed by atoms with E-state index in [9.17, 15) is 14.0 Å².